The molecule has 0 aromatic heterocycles. The van der Waals surface area contributed by atoms with Crippen LogP contribution >= 0.6 is 0 Å². The van der Waals surface area contributed by atoms with Gasteiger partial charge in [0.25, 0.3) is 0 Å². The Morgan fingerprint density at radius 2 is 1.94 bits per heavy atom. The van der Waals surface area contributed by atoms with Crippen molar-refractivity contribution in [2.75, 3.05) is 18.8 Å². The van der Waals surface area contributed by atoms with Crippen molar-refractivity contribution in [2.24, 2.45) is 0 Å². The third-order valence-corrected chi connectivity index (χ3v) is 3.95. The highest BCUT2D eigenvalue weighted by atomic mass is 32.2. The molecule has 0 saturated carbocycles. The van der Waals surface area contributed by atoms with Crippen molar-refractivity contribution in [3.05, 3.63) is 29.8 Å². The number of hydrogen-bond acceptors (Lipinski definition) is 3. The van der Waals surface area contributed by atoms with Crippen molar-refractivity contribution >= 4 is 9.84 Å². The largest absolute Gasteiger partial charge is 0.316 e. The monoisotopic (exact) mass is 263 g/mol. The fourth-order valence-electron chi connectivity index (χ4n) is 1.35. The Kier molecular flexibility index (Phi) is 5.02. The molecule has 3 nitrogen and oxygen atoms in total. The highest BCUT2D eigenvalue weighted by molar-refractivity contribution is 7.91. The number of sulfone groups is 1. The Morgan fingerprint density at radius 1 is 1.24 bits per heavy atom. The zero-order valence-corrected chi connectivity index (χ0v) is 10.4. The van der Waals surface area contributed by atoms with Crippen LogP contribution in [0.3, 0.4) is 0 Å². The highest BCUT2D eigenvalue weighted by Crippen LogP contribution is 2.16. The predicted molar refractivity (Wildman–Crippen MR) is 61.6 cm³/mol. The van der Waals surface area contributed by atoms with Gasteiger partial charge in [-0.1, -0.05) is 6.92 Å². The average Bonchev–Trinajstić information content (AvgIpc) is 2.24. The first-order valence-corrected chi connectivity index (χ1v) is 7.01. The maximum absolute atomic E-state index is 13.3. The van der Waals surface area contributed by atoms with E-state index in [0.717, 1.165) is 18.6 Å². The van der Waals surface area contributed by atoms with E-state index in [1.807, 2.05) is 6.92 Å². The molecule has 1 aromatic carbocycles. The van der Waals surface area contributed by atoms with E-state index in [0.29, 0.717) is 12.6 Å². The van der Waals surface area contributed by atoms with Crippen LogP contribution in [0, 0.1) is 11.6 Å². The van der Waals surface area contributed by atoms with Gasteiger partial charge in [0.05, 0.1) is 5.75 Å². The van der Waals surface area contributed by atoms with Gasteiger partial charge in [-0.25, -0.2) is 17.2 Å². The average molecular weight is 263 g/mol. The summed E-state index contributed by atoms with van der Waals surface area (Å²) in [6, 6.07) is 2.47. The van der Waals surface area contributed by atoms with Crippen LogP contribution in [0.15, 0.2) is 23.1 Å². The fourth-order valence-corrected chi connectivity index (χ4v) is 2.61. The molecule has 17 heavy (non-hydrogen) atoms. The van der Waals surface area contributed by atoms with Crippen molar-refractivity contribution in [3.8, 4) is 0 Å². The Hall–Kier alpha value is -1.01. The molecular formula is C11H15F2NO2S. The lowest BCUT2D eigenvalue weighted by Gasteiger charge is -2.06. The second kappa shape index (κ2) is 6.07. The molecule has 1 N–H and O–H groups in total. The molecule has 0 spiro atoms. The summed E-state index contributed by atoms with van der Waals surface area (Å²) in [5, 5.41) is 2.92. The molecule has 0 amide bonds. The molecule has 0 bridgehead atoms. The van der Waals surface area contributed by atoms with Crippen LogP contribution in [0.4, 0.5) is 8.78 Å². The molecule has 0 unspecified atom stereocenters. The first kappa shape index (κ1) is 14.1. The summed E-state index contributed by atoms with van der Waals surface area (Å²) in [4.78, 5) is -0.447. The van der Waals surface area contributed by atoms with Crippen molar-refractivity contribution in [1.29, 1.82) is 0 Å². The minimum Gasteiger partial charge on any atom is -0.316 e. The van der Waals surface area contributed by atoms with Gasteiger partial charge in [0.1, 0.15) is 16.5 Å². The standard InChI is InChI=1S/C11H15F2NO2S/c1-2-5-14-6-7-17(15,16)11-4-3-9(12)8-10(11)13/h3-4,8,14H,2,5-7H2,1H3. The Balaban J connectivity index is 2.76. The lowest BCUT2D eigenvalue weighted by molar-refractivity contribution is 0.547. The third-order valence-electron chi connectivity index (χ3n) is 2.20. The van der Waals surface area contributed by atoms with E-state index in [1.54, 1.807) is 0 Å². The van der Waals surface area contributed by atoms with Crippen LogP contribution in [-0.4, -0.2) is 27.3 Å². The van der Waals surface area contributed by atoms with Crippen molar-refractivity contribution in [3.63, 3.8) is 0 Å². The number of hydrogen-bond donors (Lipinski definition) is 1. The summed E-state index contributed by atoms with van der Waals surface area (Å²) >= 11 is 0. The molecule has 6 heteroatoms. The summed E-state index contributed by atoms with van der Waals surface area (Å²) in [5.74, 6) is -2.03. The molecule has 0 radical (unpaired) electrons. The van der Waals surface area contributed by atoms with Crippen LogP contribution < -0.4 is 5.32 Å². The third kappa shape index (κ3) is 4.05. The summed E-state index contributed by atoms with van der Waals surface area (Å²) in [7, 11) is -3.69. The second-order valence-corrected chi connectivity index (χ2v) is 5.72. The van der Waals surface area contributed by atoms with Gasteiger partial charge in [0.15, 0.2) is 9.84 Å². The van der Waals surface area contributed by atoms with E-state index >= 15 is 0 Å². The van der Waals surface area contributed by atoms with Crippen molar-refractivity contribution in [1.82, 2.24) is 5.32 Å². The lowest BCUT2D eigenvalue weighted by Crippen LogP contribution is -2.24. The van der Waals surface area contributed by atoms with E-state index in [2.05, 4.69) is 5.32 Å². The van der Waals surface area contributed by atoms with E-state index in [-0.39, 0.29) is 12.3 Å². The summed E-state index contributed by atoms with van der Waals surface area (Å²) < 4.78 is 49.4. The number of nitrogens with one attached hydrogen (secondary N) is 1. The van der Waals surface area contributed by atoms with Crippen LogP contribution in [-0.2, 0) is 9.84 Å². The Morgan fingerprint density at radius 3 is 2.53 bits per heavy atom. The van der Waals surface area contributed by atoms with Gasteiger partial charge >= 0.3 is 0 Å². The number of rotatable bonds is 6. The molecule has 1 rings (SSSR count). The number of halogens is 2. The molecule has 96 valence electrons. The smallest absolute Gasteiger partial charge is 0.182 e. The summed E-state index contributed by atoms with van der Waals surface area (Å²) in [5.41, 5.74) is 0. The van der Waals surface area contributed by atoms with Gasteiger partial charge in [0, 0.05) is 12.6 Å². The molecule has 0 atom stereocenters. The fraction of sp³-hybridized carbons (Fsp3) is 0.455. The molecule has 0 aliphatic carbocycles. The van der Waals surface area contributed by atoms with E-state index < -0.39 is 26.4 Å². The minimum atomic E-state index is -3.69. The van der Waals surface area contributed by atoms with Gasteiger partial charge in [-0.3, -0.25) is 0 Å². The highest BCUT2D eigenvalue weighted by Gasteiger charge is 2.18. The Labute approximate surface area is 99.8 Å². The van der Waals surface area contributed by atoms with Crippen molar-refractivity contribution in [2.45, 2.75) is 18.2 Å². The van der Waals surface area contributed by atoms with Gasteiger partial charge in [-0.15, -0.1) is 0 Å². The predicted octanol–water partition coefficient (Wildman–Crippen LogP) is 1.74. The van der Waals surface area contributed by atoms with E-state index in [9.17, 15) is 17.2 Å². The first-order chi connectivity index (χ1) is 7.97. The quantitative estimate of drug-likeness (QED) is 0.628. The molecule has 0 aliphatic heterocycles. The van der Waals surface area contributed by atoms with E-state index in [4.69, 9.17) is 0 Å². The molecule has 0 fully saturated rings. The summed E-state index contributed by atoms with van der Waals surface area (Å²) in [6.45, 7) is 2.93. The maximum Gasteiger partial charge on any atom is 0.182 e. The summed E-state index contributed by atoms with van der Waals surface area (Å²) in [6.07, 6.45) is 0.894. The van der Waals surface area contributed by atoms with E-state index in [1.165, 1.54) is 0 Å². The van der Waals surface area contributed by atoms with Gasteiger partial charge in [-0.2, -0.15) is 0 Å². The first-order valence-electron chi connectivity index (χ1n) is 5.36. The van der Waals surface area contributed by atoms with Crippen LogP contribution in [0.5, 0.6) is 0 Å². The Bertz CT molecular complexity index is 474. The normalized spacial score (nSPS) is 11.7. The zero-order valence-electron chi connectivity index (χ0n) is 9.54. The van der Waals surface area contributed by atoms with Crippen LogP contribution in [0.2, 0.25) is 0 Å². The van der Waals surface area contributed by atoms with Gasteiger partial charge in [-0.05, 0) is 25.1 Å². The minimum absolute atomic E-state index is 0.199. The second-order valence-electron chi connectivity index (χ2n) is 3.64. The lowest BCUT2D eigenvalue weighted by atomic mass is 10.3. The zero-order chi connectivity index (χ0) is 12.9. The number of benzene rings is 1. The maximum atomic E-state index is 13.3. The molecule has 0 aliphatic rings. The van der Waals surface area contributed by atoms with Crippen molar-refractivity contribution < 1.29 is 17.2 Å². The topological polar surface area (TPSA) is 46.2 Å². The van der Waals surface area contributed by atoms with Gasteiger partial charge < -0.3 is 5.32 Å². The van der Waals surface area contributed by atoms with Gasteiger partial charge in [0.2, 0.25) is 0 Å². The SMILES string of the molecule is CCCNCCS(=O)(=O)c1ccc(F)cc1F. The molecule has 1 aromatic rings. The molecule has 0 saturated heterocycles. The molecular weight excluding hydrogens is 248 g/mol. The van der Waals surface area contributed by atoms with Crippen LogP contribution in [0.25, 0.3) is 0 Å². The molecule has 0 heterocycles. The van der Waals surface area contributed by atoms with Crippen LogP contribution in [0.1, 0.15) is 13.3 Å².